The largest absolute Gasteiger partial charge is 4.00 e. The second-order valence-electron chi connectivity index (χ2n) is 4.23. The van der Waals surface area contributed by atoms with Gasteiger partial charge in [-0.2, -0.15) is 0 Å². The van der Waals surface area contributed by atoms with E-state index in [0.29, 0.717) is 0 Å². The molecule has 0 radical (unpaired) electrons. The molecule has 0 N–H and O–H groups in total. The molecule has 0 saturated heterocycles. The Morgan fingerprint density at radius 1 is 0.292 bits per heavy atom. The van der Waals surface area contributed by atoms with E-state index >= 15 is 0 Å². The van der Waals surface area contributed by atoms with Gasteiger partial charge in [-0.1, -0.05) is 41.9 Å². The fourth-order valence-corrected chi connectivity index (χ4v) is 7.49. The first-order valence-electron chi connectivity index (χ1n) is 7.30. The smallest absolute Gasteiger partial charge is 0.750 e. The van der Waals surface area contributed by atoms with Gasteiger partial charge in [0, 0.05) is 0 Å². The van der Waals surface area contributed by atoms with Gasteiger partial charge >= 0.3 is 161 Å². The van der Waals surface area contributed by atoms with E-state index in [1.807, 2.05) is 0 Å². The van der Waals surface area contributed by atoms with Gasteiger partial charge in [-0.05, 0) is 36.5 Å². The van der Waals surface area contributed by atoms with Crippen molar-refractivity contribution in [3.8, 4) is 0 Å². The van der Waals surface area contributed by atoms with Gasteiger partial charge in [0.1, 0.15) is 0 Å². The zero-order valence-electron chi connectivity index (χ0n) is 19.7. The maximum absolute atomic E-state index is 10.1. The fraction of sp³-hybridized carbons (Fsp3) is 1.00. The van der Waals surface area contributed by atoms with E-state index in [4.69, 9.17) is 0 Å². The standard InChI is InChI=1S/CH4.3Mo.4HO8P3/c;;;;4*1-9(2)7-11(5,6)8-10(3)4/h1H4;;;;4*(H,5,6)/q;3*+4;;;;/p-4. The predicted molar refractivity (Wildman–Crippen MR) is 107 cm³/mol. The summed E-state index contributed by atoms with van der Waals surface area (Å²) in [5, 5.41) is 0. The minimum atomic E-state index is -5.25. The van der Waals surface area contributed by atoms with Crippen LogP contribution in [0.3, 0.4) is 0 Å². The third kappa shape index (κ3) is 61.0. The summed E-state index contributed by atoms with van der Waals surface area (Å²) in [6.45, 7) is 0. The van der Waals surface area contributed by atoms with Crippen LogP contribution in [-0.2, 0) is 152 Å². The van der Waals surface area contributed by atoms with Crippen LogP contribution in [0.2, 0.25) is 0 Å². The maximum atomic E-state index is 10.1. The molecular formula is CH4Mo3O32P12+8. The van der Waals surface area contributed by atoms with E-state index in [9.17, 15) is 114 Å². The fourth-order valence-electron chi connectivity index (χ4n) is 0.713. The molecule has 0 aliphatic carbocycles. The van der Waals surface area contributed by atoms with Crippen LogP contribution in [0.15, 0.2) is 0 Å². The minimum Gasteiger partial charge on any atom is -0.750 e. The Morgan fingerprint density at radius 3 is 0.396 bits per heavy atom. The van der Waals surface area contributed by atoms with Crippen molar-refractivity contribution in [2.24, 2.45) is 0 Å². The number of hydrogen-bond acceptors (Lipinski definition) is 32. The van der Waals surface area contributed by atoms with Crippen LogP contribution in [0.1, 0.15) is 7.43 Å². The third-order valence-corrected chi connectivity index (χ3v) is 12.0. The van der Waals surface area contributed by atoms with E-state index in [1.54, 1.807) is 0 Å². The molecule has 0 aliphatic heterocycles. The summed E-state index contributed by atoms with van der Waals surface area (Å²) in [5.74, 6) is 0. The summed E-state index contributed by atoms with van der Waals surface area (Å²) in [5.41, 5.74) is 0. The molecule has 0 aromatic carbocycles. The Balaban J connectivity index is -0.0000000721. The van der Waals surface area contributed by atoms with Crippen molar-refractivity contribution in [2.45, 2.75) is 7.43 Å². The normalized spacial score (nSPS) is 17.2. The molecule has 0 spiro atoms. The first kappa shape index (κ1) is 68.9. The van der Waals surface area contributed by atoms with Crippen LogP contribution in [0, 0.1) is 0 Å². The van der Waals surface area contributed by atoms with E-state index in [1.165, 1.54) is 0 Å². The third-order valence-electron chi connectivity index (χ3n) is 1.33. The molecule has 0 aromatic heterocycles. The van der Waals surface area contributed by atoms with Crippen LogP contribution in [-0.4, -0.2) is 0 Å². The SMILES string of the molecule is C.O=[P+]([O-])OP(=O)([O-])O[P+](=O)[O-].O=[P+]([O-])OP(=O)([O-])O[P+](=O)[O-].O=[P+]([O-])OP(=O)([O-])O[P+](=O)[O-].O=[P+]([O-])OP(=O)([O-])O[P+](=O)[O-].[Mo+4].[Mo+4].[Mo+4]. The zero-order valence-corrected chi connectivity index (χ0v) is 36.4. The van der Waals surface area contributed by atoms with Gasteiger partial charge in [-0.25, -0.2) is 0 Å². The Hall–Kier alpha value is 2.98. The van der Waals surface area contributed by atoms with Crippen molar-refractivity contribution in [1.82, 2.24) is 0 Å². The zero-order chi connectivity index (χ0) is 36.3. The molecule has 0 aliphatic rings. The van der Waals surface area contributed by atoms with Crippen molar-refractivity contribution in [3.05, 3.63) is 0 Å². The molecule has 0 heterocycles. The Morgan fingerprint density at radius 2 is 0.354 bits per heavy atom. The number of hydrogen-bond donors (Lipinski definition) is 0. The van der Waals surface area contributed by atoms with Crippen LogP contribution >= 0.6 is 97.3 Å². The van der Waals surface area contributed by atoms with Crippen LogP contribution in [0.5, 0.6) is 0 Å². The topological polar surface area (TPSA) is 555 Å². The maximum Gasteiger partial charge on any atom is 4.00 e. The first-order valence-corrected chi connectivity index (χ1v) is 21.9. The van der Waals surface area contributed by atoms with E-state index in [2.05, 4.69) is 34.5 Å². The molecule has 0 fully saturated rings. The van der Waals surface area contributed by atoms with E-state index in [0.717, 1.165) is 0 Å². The average molecular weight is 1190 g/mol. The summed E-state index contributed by atoms with van der Waals surface area (Å²) in [7, 11) is -50.5. The molecule has 0 saturated carbocycles. The average Bonchev–Trinajstić information content (AvgIpc) is 2.59. The monoisotopic (exact) mass is 1190 g/mol. The molecule has 32 nitrogen and oxygen atoms in total. The summed E-state index contributed by atoms with van der Waals surface area (Å²) in [6, 6.07) is 0. The molecule has 0 rings (SSSR count). The summed E-state index contributed by atoms with van der Waals surface area (Å²) in [6.07, 6.45) is 0. The minimum absolute atomic E-state index is 0. The number of rotatable bonds is 16. The molecule has 48 heavy (non-hydrogen) atoms. The summed E-state index contributed by atoms with van der Waals surface area (Å²) in [4.78, 5) is 117. The van der Waals surface area contributed by atoms with E-state index in [-0.39, 0.29) is 70.6 Å². The molecule has 0 aromatic rings. The van der Waals surface area contributed by atoms with Crippen molar-refractivity contribution < 1.29 is 211 Å². The van der Waals surface area contributed by atoms with Crippen molar-refractivity contribution in [3.63, 3.8) is 0 Å². The van der Waals surface area contributed by atoms with Crippen molar-refractivity contribution in [1.29, 1.82) is 0 Å². The van der Waals surface area contributed by atoms with Crippen LogP contribution in [0.4, 0.5) is 0 Å². The van der Waals surface area contributed by atoms with Crippen molar-refractivity contribution >= 4 is 97.3 Å². The summed E-state index contributed by atoms with van der Waals surface area (Å²) >= 11 is 0. The predicted octanol–water partition coefficient (Wildman–Crippen LogP) is -5.28. The molecule has 270 valence electrons. The molecule has 8 unspecified atom stereocenters. The second-order valence-corrected chi connectivity index (χ2v) is 16.6. The number of phosphoric acid groups is 4. The van der Waals surface area contributed by atoms with Crippen LogP contribution in [0.25, 0.3) is 0 Å². The summed E-state index contributed by atoms with van der Waals surface area (Å²) < 4.78 is 142. The van der Waals surface area contributed by atoms with E-state index < -0.39 is 97.3 Å². The first-order chi connectivity index (χ1) is 19.3. The molecule has 0 amide bonds. The van der Waals surface area contributed by atoms with Crippen LogP contribution < -0.4 is 58.7 Å². The van der Waals surface area contributed by atoms with Gasteiger partial charge in [-0.15, -0.1) is 0 Å². The molecular weight excluding hydrogens is 1180 g/mol. The molecule has 8 atom stereocenters. The van der Waals surface area contributed by atoms with Gasteiger partial charge in [0.05, 0.1) is 0 Å². The molecule has 47 heteroatoms. The Bertz CT molecular complexity index is 997. The van der Waals surface area contributed by atoms with Gasteiger partial charge in [-0.3, -0.25) is 18.3 Å². The molecule has 0 bridgehead atoms. The van der Waals surface area contributed by atoms with Gasteiger partial charge < -0.3 is 58.7 Å². The Labute approximate surface area is 314 Å². The van der Waals surface area contributed by atoms with Gasteiger partial charge in [0.2, 0.25) is 0 Å². The second kappa shape index (κ2) is 34.5. The Kier molecular flexibility index (Phi) is 49.5. The van der Waals surface area contributed by atoms with Gasteiger partial charge in [0.25, 0.3) is 0 Å². The van der Waals surface area contributed by atoms with Gasteiger partial charge in [0.15, 0.2) is 0 Å². The van der Waals surface area contributed by atoms with Crippen molar-refractivity contribution in [2.75, 3.05) is 0 Å². The quantitative estimate of drug-likeness (QED) is 0.103.